The fourth-order valence-electron chi connectivity index (χ4n) is 2.41. The Hall–Kier alpha value is -3.33. The third-order valence-corrected chi connectivity index (χ3v) is 4.73. The zero-order valence-corrected chi connectivity index (χ0v) is 17.4. The number of hydrogen-bond donors (Lipinski definition) is 1. The molecule has 0 atom stereocenters. The molecular formula is C21H21N3O5S. The first-order valence-corrected chi connectivity index (χ1v) is 10.3. The maximum absolute atomic E-state index is 12.2. The highest BCUT2D eigenvalue weighted by molar-refractivity contribution is 7.99. The number of rotatable bonds is 9. The molecule has 0 saturated heterocycles. The molecule has 156 valence electrons. The Kier molecular flexibility index (Phi) is 7.45. The Labute approximate surface area is 178 Å². The molecule has 9 heteroatoms. The van der Waals surface area contributed by atoms with Crippen LogP contribution in [0.15, 0.2) is 58.2 Å². The zero-order valence-electron chi connectivity index (χ0n) is 16.6. The van der Waals surface area contributed by atoms with Crippen LogP contribution in [0.2, 0.25) is 0 Å². The average Bonchev–Trinajstić information content (AvgIpc) is 3.26. The lowest BCUT2D eigenvalue weighted by molar-refractivity contribution is -0.113. The summed E-state index contributed by atoms with van der Waals surface area (Å²) in [5.41, 5.74) is 1.78. The van der Waals surface area contributed by atoms with Crippen molar-refractivity contribution in [3.63, 3.8) is 0 Å². The van der Waals surface area contributed by atoms with Crippen molar-refractivity contribution < 1.29 is 23.5 Å². The molecular weight excluding hydrogens is 406 g/mol. The molecule has 0 aliphatic carbocycles. The van der Waals surface area contributed by atoms with Gasteiger partial charge in [-0.3, -0.25) is 4.79 Å². The maximum Gasteiger partial charge on any atom is 0.338 e. The van der Waals surface area contributed by atoms with E-state index in [4.69, 9.17) is 13.9 Å². The number of aromatic nitrogens is 2. The predicted molar refractivity (Wildman–Crippen MR) is 113 cm³/mol. The standard InChI is InChI=1S/C21H21N3O5S/c1-3-12-28-20(26)15-4-8-16(9-5-15)22-18(25)13-30-21-24-23-19(29-21)14-6-10-17(27-2)11-7-14/h4-11H,3,12-13H2,1-2H3,(H,22,25). The van der Waals surface area contributed by atoms with Crippen molar-refractivity contribution in [3.05, 3.63) is 54.1 Å². The molecule has 0 bridgehead atoms. The predicted octanol–water partition coefficient (Wildman–Crippen LogP) is 4.04. The molecule has 0 aliphatic heterocycles. The number of amides is 1. The van der Waals surface area contributed by atoms with Crippen LogP contribution in [-0.4, -0.2) is 41.5 Å². The lowest BCUT2D eigenvalue weighted by Gasteiger charge is -2.06. The Morgan fingerprint density at radius 3 is 2.47 bits per heavy atom. The smallest absolute Gasteiger partial charge is 0.338 e. The number of ether oxygens (including phenoxy) is 2. The molecule has 1 heterocycles. The first kappa shape index (κ1) is 21.4. The van der Waals surface area contributed by atoms with Crippen LogP contribution in [0.25, 0.3) is 11.5 Å². The molecule has 3 rings (SSSR count). The fourth-order valence-corrected chi connectivity index (χ4v) is 2.97. The van der Waals surface area contributed by atoms with Crippen LogP contribution in [0.4, 0.5) is 5.69 Å². The highest BCUT2D eigenvalue weighted by Crippen LogP contribution is 2.25. The largest absolute Gasteiger partial charge is 0.497 e. The monoisotopic (exact) mass is 427 g/mol. The second-order valence-corrected chi connectivity index (χ2v) is 7.08. The number of thioether (sulfide) groups is 1. The summed E-state index contributed by atoms with van der Waals surface area (Å²) in [5, 5.41) is 11.0. The summed E-state index contributed by atoms with van der Waals surface area (Å²) in [6.07, 6.45) is 0.763. The number of carbonyl (C=O) groups is 2. The fraction of sp³-hybridized carbons (Fsp3) is 0.238. The Bertz CT molecular complexity index is 987. The Balaban J connectivity index is 1.50. The van der Waals surface area contributed by atoms with E-state index in [0.29, 0.717) is 29.0 Å². The molecule has 0 saturated carbocycles. The van der Waals surface area contributed by atoms with E-state index in [9.17, 15) is 9.59 Å². The van der Waals surface area contributed by atoms with Crippen molar-refractivity contribution in [2.24, 2.45) is 0 Å². The number of carbonyl (C=O) groups excluding carboxylic acids is 2. The molecule has 0 unspecified atom stereocenters. The average molecular weight is 427 g/mol. The molecule has 0 fully saturated rings. The molecule has 0 spiro atoms. The van der Waals surface area contributed by atoms with Crippen LogP contribution in [0, 0.1) is 0 Å². The second kappa shape index (κ2) is 10.4. The third-order valence-electron chi connectivity index (χ3n) is 3.91. The highest BCUT2D eigenvalue weighted by atomic mass is 32.2. The van der Waals surface area contributed by atoms with Gasteiger partial charge in [0.25, 0.3) is 5.22 Å². The molecule has 0 radical (unpaired) electrons. The van der Waals surface area contributed by atoms with Crippen LogP contribution in [-0.2, 0) is 9.53 Å². The number of hydrogen-bond acceptors (Lipinski definition) is 8. The van der Waals surface area contributed by atoms with E-state index in [2.05, 4.69) is 15.5 Å². The number of benzene rings is 2. The molecule has 1 amide bonds. The van der Waals surface area contributed by atoms with E-state index in [-0.39, 0.29) is 17.6 Å². The quantitative estimate of drug-likeness (QED) is 0.403. The van der Waals surface area contributed by atoms with Gasteiger partial charge < -0.3 is 19.2 Å². The number of anilines is 1. The lowest BCUT2D eigenvalue weighted by atomic mass is 10.2. The molecule has 1 N–H and O–H groups in total. The second-order valence-electron chi connectivity index (χ2n) is 6.15. The van der Waals surface area contributed by atoms with Crippen LogP contribution >= 0.6 is 11.8 Å². The molecule has 3 aromatic rings. The van der Waals surface area contributed by atoms with Gasteiger partial charge in [-0.25, -0.2) is 4.79 Å². The topological polar surface area (TPSA) is 104 Å². The van der Waals surface area contributed by atoms with Crippen molar-refractivity contribution in [2.45, 2.75) is 18.6 Å². The first-order valence-electron chi connectivity index (χ1n) is 9.27. The SMILES string of the molecule is CCCOC(=O)c1ccc(NC(=O)CSc2nnc(-c3ccc(OC)cc3)o2)cc1. The lowest BCUT2D eigenvalue weighted by Crippen LogP contribution is -2.14. The van der Waals surface area contributed by atoms with Crippen LogP contribution < -0.4 is 10.1 Å². The summed E-state index contributed by atoms with van der Waals surface area (Å²) < 4.78 is 15.8. The molecule has 30 heavy (non-hydrogen) atoms. The minimum Gasteiger partial charge on any atom is -0.497 e. The van der Waals surface area contributed by atoms with Crippen LogP contribution in [0.5, 0.6) is 5.75 Å². The van der Waals surface area contributed by atoms with E-state index in [1.807, 2.05) is 19.1 Å². The summed E-state index contributed by atoms with van der Waals surface area (Å²) in [5.74, 6) is 0.589. The van der Waals surface area contributed by atoms with E-state index in [1.165, 1.54) is 0 Å². The van der Waals surface area contributed by atoms with Crippen LogP contribution in [0.3, 0.4) is 0 Å². The van der Waals surface area contributed by atoms with Crippen molar-refractivity contribution in [3.8, 4) is 17.2 Å². The molecule has 0 aliphatic rings. The Morgan fingerprint density at radius 2 is 1.80 bits per heavy atom. The van der Waals surface area contributed by atoms with Gasteiger partial charge in [-0.2, -0.15) is 0 Å². The van der Waals surface area contributed by atoms with Gasteiger partial charge >= 0.3 is 5.97 Å². The summed E-state index contributed by atoms with van der Waals surface area (Å²) in [4.78, 5) is 24.0. The number of methoxy groups -OCH3 is 1. The summed E-state index contributed by atoms with van der Waals surface area (Å²) in [6.45, 7) is 2.31. The molecule has 8 nitrogen and oxygen atoms in total. The van der Waals surface area contributed by atoms with Crippen molar-refractivity contribution in [2.75, 3.05) is 24.8 Å². The van der Waals surface area contributed by atoms with Gasteiger partial charge in [-0.15, -0.1) is 10.2 Å². The number of nitrogens with one attached hydrogen (secondary N) is 1. The number of esters is 1. The minimum atomic E-state index is -0.380. The molecule has 2 aromatic carbocycles. The highest BCUT2D eigenvalue weighted by Gasteiger charge is 2.12. The van der Waals surface area contributed by atoms with Gasteiger partial charge in [0.2, 0.25) is 11.8 Å². The minimum absolute atomic E-state index is 0.102. The van der Waals surface area contributed by atoms with Gasteiger partial charge in [0.05, 0.1) is 25.0 Å². The van der Waals surface area contributed by atoms with E-state index in [1.54, 1.807) is 43.5 Å². The van der Waals surface area contributed by atoms with Gasteiger partial charge in [-0.05, 0) is 55.0 Å². The Morgan fingerprint density at radius 1 is 1.07 bits per heavy atom. The van der Waals surface area contributed by atoms with Crippen molar-refractivity contribution in [1.29, 1.82) is 0 Å². The zero-order chi connectivity index (χ0) is 21.3. The maximum atomic E-state index is 12.2. The van der Waals surface area contributed by atoms with E-state index in [0.717, 1.165) is 29.5 Å². The van der Waals surface area contributed by atoms with Gasteiger partial charge in [0.1, 0.15) is 5.75 Å². The van der Waals surface area contributed by atoms with Crippen molar-refractivity contribution in [1.82, 2.24) is 10.2 Å². The first-order chi connectivity index (χ1) is 14.6. The number of nitrogens with zero attached hydrogens (tertiary/aromatic N) is 2. The van der Waals surface area contributed by atoms with E-state index >= 15 is 0 Å². The van der Waals surface area contributed by atoms with Gasteiger partial charge in [0.15, 0.2) is 0 Å². The third kappa shape index (κ3) is 5.84. The summed E-state index contributed by atoms with van der Waals surface area (Å²) in [7, 11) is 1.59. The summed E-state index contributed by atoms with van der Waals surface area (Å²) in [6, 6.07) is 13.8. The van der Waals surface area contributed by atoms with Crippen molar-refractivity contribution >= 4 is 29.3 Å². The van der Waals surface area contributed by atoms with Crippen LogP contribution in [0.1, 0.15) is 23.7 Å². The normalized spacial score (nSPS) is 10.5. The summed E-state index contributed by atoms with van der Waals surface area (Å²) >= 11 is 1.14. The molecule has 1 aromatic heterocycles. The van der Waals surface area contributed by atoms with E-state index < -0.39 is 0 Å². The van der Waals surface area contributed by atoms with Gasteiger partial charge in [-0.1, -0.05) is 18.7 Å². The van der Waals surface area contributed by atoms with Gasteiger partial charge in [0, 0.05) is 11.3 Å².